The maximum atomic E-state index is 13.4. The quantitative estimate of drug-likeness (QED) is 0.0199. The Balaban J connectivity index is 1.29. The molecule has 0 aliphatic carbocycles. The van der Waals surface area contributed by atoms with Crippen LogP contribution in [-0.2, 0) is 33.2 Å². The number of amides is 1. The molecular weight excluding hydrogens is 1200 g/mol. The second-order valence-corrected chi connectivity index (χ2v) is 27.8. The number of carbonyl (C=O) groups excluding carboxylic acids is 1. The zero-order valence-corrected chi connectivity index (χ0v) is 59.0. The fourth-order valence-corrected chi connectivity index (χ4v) is 13.3. The maximum absolute atomic E-state index is 13.4. The molecule has 0 aromatic carbocycles. The van der Waals surface area contributed by atoms with Crippen LogP contribution in [0.4, 0.5) is 0 Å². The van der Waals surface area contributed by atoms with Crippen molar-refractivity contribution in [3.8, 4) is 0 Å². The van der Waals surface area contributed by atoms with Crippen molar-refractivity contribution in [2.75, 3.05) is 26.4 Å². The summed E-state index contributed by atoms with van der Waals surface area (Å²) in [5.41, 5.74) is 0. The van der Waals surface area contributed by atoms with Gasteiger partial charge < -0.3 is 89.9 Å². The summed E-state index contributed by atoms with van der Waals surface area (Å²) in [6, 6.07) is -0.986. The zero-order chi connectivity index (χ0) is 68.2. The highest BCUT2D eigenvalue weighted by molar-refractivity contribution is 5.76. The van der Waals surface area contributed by atoms with Gasteiger partial charge >= 0.3 is 0 Å². The molecule has 19 heteroatoms. The van der Waals surface area contributed by atoms with Gasteiger partial charge in [0.2, 0.25) is 5.91 Å². The SMILES string of the molecule is CCCCCCCC/C=C/CC/C=C/C(O)C(COC1OC(CO)C(OC2OC(CO)C(OC3OC(CO)C(O)C(O)C3O)C(O)C2O)C(O)C1O)NC(=O)CCCCCCCCCCCCCCCCCCCCCCCCCCCCCCCCCCCCCCC. The Morgan fingerprint density at radius 1 is 0.372 bits per heavy atom. The Kier molecular flexibility index (Phi) is 52.4. The average molecular weight is 1340 g/mol. The van der Waals surface area contributed by atoms with Crippen LogP contribution in [0.25, 0.3) is 0 Å². The molecule has 19 nitrogen and oxygen atoms in total. The van der Waals surface area contributed by atoms with Crippen LogP contribution in [-0.4, -0.2) is 193 Å². The molecule has 3 aliphatic heterocycles. The van der Waals surface area contributed by atoms with E-state index >= 15 is 0 Å². The maximum Gasteiger partial charge on any atom is 0.220 e. The first-order chi connectivity index (χ1) is 45.8. The van der Waals surface area contributed by atoms with Crippen LogP contribution < -0.4 is 5.32 Å². The molecule has 554 valence electrons. The first-order valence-electron chi connectivity index (χ1n) is 38.6. The summed E-state index contributed by atoms with van der Waals surface area (Å²) in [6.07, 6.45) is 40.8. The van der Waals surface area contributed by atoms with E-state index in [4.69, 9.17) is 28.4 Å². The summed E-state index contributed by atoms with van der Waals surface area (Å²) in [4.78, 5) is 13.4. The van der Waals surface area contributed by atoms with Gasteiger partial charge in [0.25, 0.3) is 0 Å². The number of allylic oxidation sites excluding steroid dienone is 3. The van der Waals surface area contributed by atoms with Crippen LogP contribution in [0.3, 0.4) is 0 Å². The number of hydrogen-bond donors (Lipinski definition) is 12. The van der Waals surface area contributed by atoms with Crippen molar-refractivity contribution in [2.24, 2.45) is 0 Å². The van der Waals surface area contributed by atoms with Crippen LogP contribution in [0.15, 0.2) is 24.3 Å². The van der Waals surface area contributed by atoms with Gasteiger partial charge in [0, 0.05) is 6.42 Å². The third kappa shape index (κ3) is 37.6. The molecule has 3 fully saturated rings. The molecule has 3 heterocycles. The van der Waals surface area contributed by atoms with Crippen LogP contribution in [0.1, 0.15) is 316 Å². The average Bonchev–Trinajstić information content (AvgIpc) is 0.787. The largest absolute Gasteiger partial charge is 0.394 e. The standard InChI is InChI=1S/C75H141NO18/c1-3-5-7-9-11-13-15-17-18-19-20-21-22-23-24-25-26-27-28-29-30-31-32-33-34-35-36-37-38-39-40-41-43-45-47-49-51-53-63(81)76-58(59(80)52-50-48-46-44-42-16-14-12-10-8-6-4-2)57-89-73-69(87)66(84)71(61(55-78)91-73)94-75-70(88)67(85)72(62(56-79)92-75)93-74-68(86)65(83)64(82)60(54-77)90-74/h42,44,50,52,58-62,64-75,77-80,82-88H,3-41,43,45-49,51,53-57H2,1-2H3,(H,76,81)/b44-42+,52-50+. The fourth-order valence-electron chi connectivity index (χ4n) is 13.3. The lowest BCUT2D eigenvalue weighted by Crippen LogP contribution is -2.66. The highest BCUT2D eigenvalue weighted by Crippen LogP contribution is 2.33. The molecule has 1 amide bonds. The first kappa shape index (κ1) is 86.5. The van der Waals surface area contributed by atoms with E-state index in [1.54, 1.807) is 6.08 Å². The van der Waals surface area contributed by atoms with Crippen molar-refractivity contribution in [1.82, 2.24) is 5.32 Å². The summed E-state index contributed by atoms with van der Waals surface area (Å²) < 4.78 is 34.3. The summed E-state index contributed by atoms with van der Waals surface area (Å²) in [5.74, 6) is -0.280. The number of aliphatic hydroxyl groups excluding tert-OH is 11. The molecular formula is C75H141NO18. The van der Waals surface area contributed by atoms with E-state index in [9.17, 15) is 61.0 Å². The third-order valence-electron chi connectivity index (χ3n) is 19.5. The Bertz CT molecular complexity index is 1800. The normalized spacial score (nSPS) is 27.4. The lowest BCUT2D eigenvalue weighted by Gasteiger charge is -2.48. The number of hydrogen-bond acceptors (Lipinski definition) is 18. The number of unbranched alkanes of at least 4 members (excludes halogenated alkanes) is 43. The molecule has 0 aromatic rings. The van der Waals surface area contributed by atoms with E-state index in [2.05, 4.69) is 31.3 Å². The van der Waals surface area contributed by atoms with Crippen LogP contribution in [0.2, 0.25) is 0 Å². The summed E-state index contributed by atoms with van der Waals surface area (Å²) in [7, 11) is 0. The van der Waals surface area contributed by atoms with Gasteiger partial charge in [-0.1, -0.05) is 301 Å². The second-order valence-electron chi connectivity index (χ2n) is 27.8. The molecule has 3 aliphatic rings. The number of nitrogens with one attached hydrogen (secondary N) is 1. The molecule has 94 heavy (non-hydrogen) atoms. The smallest absolute Gasteiger partial charge is 0.220 e. The van der Waals surface area contributed by atoms with Crippen LogP contribution in [0, 0.1) is 0 Å². The fraction of sp³-hybridized carbons (Fsp3) is 0.933. The van der Waals surface area contributed by atoms with E-state index in [-0.39, 0.29) is 18.9 Å². The first-order valence-corrected chi connectivity index (χ1v) is 38.6. The van der Waals surface area contributed by atoms with Gasteiger partial charge in [0.1, 0.15) is 73.2 Å². The minimum absolute atomic E-state index is 0.240. The van der Waals surface area contributed by atoms with Gasteiger partial charge in [-0.15, -0.1) is 0 Å². The Labute approximate surface area is 568 Å². The molecule has 0 saturated carbocycles. The summed E-state index contributed by atoms with van der Waals surface area (Å²) in [5, 5.41) is 120. The minimum atomic E-state index is -1.98. The zero-order valence-electron chi connectivity index (χ0n) is 59.0. The van der Waals surface area contributed by atoms with Gasteiger partial charge in [0.15, 0.2) is 18.9 Å². The molecule has 3 rings (SSSR count). The minimum Gasteiger partial charge on any atom is -0.394 e. The third-order valence-corrected chi connectivity index (χ3v) is 19.5. The van der Waals surface area contributed by atoms with Gasteiger partial charge in [-0.3, -0.25) is 4.79 Å². The molecule has 0 spiro atoms. The van der Waals surface area contributed by atoms with Gasteiger partial charge in [0.05, 0.1) is 38.6 Å². The van der Waals surface area contributed by atoms with Crippen molar-refractivity contribution in [3.63, 3.8) is 0 Å². The van der Waals surface area contributed by atoms with E-state index in [0.717, 1.165) is 38.5 Å². The van der Waals surface area contributed by atoms with Gasteiger partial charge in [-0.05, 0) is 32.1 Å². The van der Waals surface area contributed by atoms with Gasteiger partial charge in [-0.2, -0.15) is 0 Å². The van der Waals surface area contributed by atoms with Crippen molar-refractivity contribution in [3.05, 3.63) is 24.3 Å². The number of ether oxygens (including phenoxy) is 6. The summed E-state index contributed by atoms with van der Waals surface area (Å²) in [6.45, 7) is 1.72. The number of aliphatic hydroxyl groups is 11. The topological polar surface area (TPSA) is 307 Å². The molecule has 17 unspecified atom stereocenters. The van der Waals surface area contributed by atoms with Crippen molar-refractivity contribution < 1.29 is 89.4 Å². The molecule has 0 aromatic heterocycles. The second kappa shape index (κ2) is 57.0. The molecule has 17 atom stereocenters. The molecule has 0 bridgehead atoms. The lowest BCUT2D eigenvalue weighted by atomic mass is 9.96. The molecule has 12 N–H and O–H groups in total. The Hall–Kier alpha value is -1.73. The predicted octanol–water partition coefficient (Wildman–Crippen LogP) is 11.8. The number of rotatable bonds is 61. The predicted molar refractivity (Wildman–Crippen MR) is 370 cm³/mol. The van der Waals surface area contributed by atoms with E-state index in [1.165, 1.54) is 244 Å². The van der Waals surface area contributed by atoms with E-state index in [1.807, 2.05) is 6.08 Å². The van der Waals surface area contributed by atoms with Crippen molar-refractivity contribution in [2.45, 2.75) is 420 Å². The Morgan fingerprint density at radius 3 is 1.06 bits per heavy atom. The lowest BCUT2D eigenvalue weighted by molar-refractivity contribution is -0.379. The highest BCUT2D eigenvalue weighted by atomic mass is 16.8. The van der Waals surface area contributed by atoms with E-state index in [0.29, 0.717) is 12.8 Å². The summed E-state index contributed by atoms with van der Waals surface area (Å²) >= 11 is 0. The highest BCUT2D eigenvalue weighted by Gasteiger charge is 2.53. The van der Waals surface area contributed by atoms with E-state index < -0.39 is 124 Å². The van der Waals surface area contributed by atoms with Crippen molar-refractivity contribution >= 4 is 5.91 Å². The number of carbonyl (C=O) groups is 1. The molecule has 3 saturated heterocycles. The monoisotopic (exact) mass is 1340 g/mol. The van der Waals surface area contributed by atoms with Gasteiger partial charge in [-0.25, -0.2) is 0 Å². The van der Waals surface area contributed by atoms with Crippen LogP contribution >= 0.6 is 0 Å². The van der Waals surface area contributed by atoms with Crippen LogP contribution in [0.5, 0.6) is 0 Å². The Morgan fingerprint density at radius 2 is 0.681 bits per heavy atom. The van der Waals surface area contributed by atoms with Crippen molar-refractivity contribution in [1.29, 1.82) is 0 Å². The molecule has 0 radical (unpaired) electrons.